The minimum atomic E-state index is -0.217. The molecule has 0 radical (unpaired) electrons. The van der Waals surface area contributed by atoms with Crippen LogP contribution in [-0.4, -0.2) is 11.6 Å². The molecule has 50 heavy (non-hydrogen) atoms. The summed E-state index contributed by atoms with van der Waals surface area (Å²) in [7, 11) is 0. The summed E-state index contributed by atoms with van der Waals surface area (Å²) in [5.41, 5.74) is 11.2. The second kappa shape index (κ2) is 10.7. The van der Waals surface area contributed by atoms with Gasteiger partial charge in [0.1, 0.15) is 0 Å². The number of rotatable bonds is 2. The van der Waals surface area contributed by atoms with Crippen LogP contribution in [0, 0.1) is 6.92 Å². The van der Waals surface area contributed by atoms with Crippen molar-refractivity contribution in [2.75, 3.05) is 4.90 Å². The first-order valence-corrected chi connectivity index (χ1v) is 16.9. The Labute approximate surface area is 289 Å². The third-order valence-electron chi connectivity index (χ3n) is 10.4. The molecule has 0 bridgehead atoms. The van der Waals surface area contributed by atoms with Crippen molar-refractivity contribution in [1.29, 1.82) is 0 Å². The molecule has 0 atom stereocenters. The molecular formula is C47H29NO2. The lowest BCUT2D eigenvalue weighted by atomic mass is 9.92. The number of carbonyl (C=O) groups is 2. The molecule has 0 spiro atoms. The summed E-state index contributed by atoms with van der Waals surface area (Å²) in [5, 5.41) is 6.41. The number of anilines is 3. The molecule has 1 aliphatic heterocycles. The third kappa shape index (κ3) is 4.17. The van der Waals surface area contributed by atoms with Gasteiger partial charge in [-0.25, -0.2) is 0 Å². The van der Waals surface area contributed by atoms with Crippen molar-refractivity contribution in [3.8, 4) is 22.3 Å². The molecule has 0 amide bonds. The monoisotopic (exact) mass is 639 g/mol. The molecule has 8 aromatic rings. The maximum absolute atomic E-state index is 13.6. The Morgan fingerprint density at radius 1 is 0.440 bits per heavy atom. The minimum absolute atomic E-state index is 0.211. The van der Waals surface area contributed by atoms with E-state index in [1.54, 1.807) is 6.08 Å². The standard InChI is InChI=1S/C47H29NO2/c1-28-18-20-30-10-4-5-13-35(30)45(28)48-43-17-9-8-16-38(43)36-14-6-7-15-37(36)39-26-34-22-29(19-21-33(34)27-44(39)48)23-42-46(49)40-24-31-11-2-3-12-32(31)25-41(40)47(42)50/h2-27H,1H3. The van der Waals surface area contributed by atoms with Crippen LogP contribution in [-0.2, 0) is 0 Å². The first-order valence-electron chi connectivity index (χ1n) is 16.9. The van der Waals surface area contributed by atoms with Crippen LogP contribution in [0.4, 0.5) is 17.1 Å². The summed E-state index contributed by atoms with van der Waals surface area (Å²) in [5.74, 6) is -0.434. The second-order valence-corrected chi connectivity index (χ2v) is 13.3. The SMILES string of the molecule is Cc1ccc2ccccc2c1N1c2ccccc2-c2ccccc2-c2cc3cc(C=C4C(=O)c5cc6ccccc6cc5C4=O)ccc3cc21. The smallest absolute Gasteiger partial charge is 0.197 e. The number of carbonyl (C=O) groups excluding carboxylic acids is 2. The fourth-order valence-corrected chi connectivity index (χ4v) is 7.98. The largest absolute Gasteiger partial charge is 0.308 e. The second-order valence-electron chi connectivity index (χ2n) is 13.3. The van der Waals surface area contributed by atoms with Crippen molar-refractivity contribution in [2.45, 2.75) is 6.92 Å². The Bertz CT molecular complexity index is 2770. The number of para-hydroxylation sites is 1. The number of hydrogen-bond acceptors (Lipinski definition) is 3. The van der Waals surface area contributed by atoms with Crippen molar-refractivity contribution < 1.29 is 9.59 Å². The van der Waals surface area contributed by atoms with Crippen LogP contribution < -0.4 is 4.90 Å². The van der Waals surface area contributed by atoms with Crippen molar-refractivity contribution >= 4 is 67.0 Å². The average Bonchev–Trinajstić information content (AvgIpc) is 3.31. The van der Waals surface area contributed by atoms with Crippen molar-refractivity contribution in [1.82, 2.24) is 0 Å². The van der Waals surface area contributed by atoms with Crippen LogP contribution in [0.15, 0.2) is 157 Å². The lowest BCUT2D eigenvalue weighted by Crippen LogP contribution is -2.13. The quantitative estimate of drug-likeness (QED) is 0.139. The van der Waals surface area contributed by atoms with Crippen LogP contribution in [0.25, 0.3) is 60.6 Å². The Morgan fingerprint density at radius 2 is 1.00 bits per heavy atom. The van der Waals surface area contributed by atoms with Crippen LogP contribution in [0.1, 0.15) is 31.8 Å². The Morgan fingerprint density at radius 3 is 1.74 bits per heavy atom. The van der Waals surface area contributed by atoms with E-state index in [2.05, 4.69) is 121 Å². The lowest BCUT2D eigenvalue weighted by molar-refractivity contribution is 0.0990. The van der Waals surface area contributed by atoms with Gasteiger partial charge in [0.25, 0.3) is 0 Å². The number of fused-ring (bicyclic) bond motifs is 9. The summed E-state index contributed by atoms with van der Waals surface area (Å²) in [6.07, 6.45) is 1.76. The Hall–Kier alpha value is -6.58. The van der Waals surface area contributed by atoms with E-state index in [-0.39, 0.29) is 17.1 Å². The summed E-state index contributed by atoms with van der Waals surface area (Å²) in [6.45, 7) is 2.19. The maximum atomic E-state index is 13.6. The highest BCUT2D eigenvalue weighted by atomic mass is 16.2. The lowest BCUT2D eigenvalue weighted by Gasteiger charge is -2.30. The van der Waals surface area contributed by atoms with Gasteiger partial charge >= 0.3 is 0 Å². The molecular weight excluding hydrogens is 611 g/mol. The molecule has 8 aromatic carbocycles. The van der Waals surface area contributed by atoms with Crippen LogP contribution >= 0.6 is 0 Å². The molecule has 0 N–H and O–H groups in total. The highest BCUT2D eigenvalue weighted by Crippen LogP contribution is 2.53. The molecule has 0 fully saturated rings. The number of nitrogens with zero attached hydrogens (tertiary/aromatic N) is 1. The fraction of sp³-hybridized carbons (Fsp3) is 0.0213. The van der Waals surface area contributed by atoms with E-state index >= 15 is 0 Å². The van der Waals surface area contributed by atoms with Crippen molar-refractivity contribution in [3.05, 3.63) is 179 Å². The van der Waals surface area contributed by atoms with E-state index in [0.29, 0.717) is 11.1 Å². The summed E-state index contributed by atoms with van der Waals surface area (Å²) >= 11 is 0. The van der Waals surface area contributed by atoms with Gasteiger partial charge in [-0.15, -0.1) is 0 Å². The van der Waals surface area contributed by atoms with E-state index in [1.165, 1.54) is 27.5 Å². The average molecular weight is 640 g/mol. The Kier molecular flexibility index (Phi) is 6.09. The minimum Gasteiger partial charge on any atom is -0.308 e. The van der Waals surface area contributed by atoms with Crippen molar-refractivity contribution in [2.24, 2.45) is 0 Å². The summed E-state index contributed by atoms with van der Waals surface area (Å²) in [4.78, 5) is 29.6. The van der Waals surface area contributed by atoms with E-state index in [9.17, 15) is 9.59 Å². The number of benzene rings is 8. The van der Waals surface area contributed by atoms with E-state index in [0.717, 1.165) is 55.3 Å². The summed E-state index contributed by atoms with van der Waals surface area (Å²) < 4.78 is 0. The zero-order valence-corrected chi connectivity index (χ0v) is 27.3. The molecule has 3 heteroatoms. The van der Waals surface area contributed by atoms with Gasteiger partial charge in [0.15, 0.2) is 11.6 Å². The Balaban J connectivity index is 1.18. The third-order valence-corrected chi connectivity index (χ3v) is 10.4. The van der Waals surface area contributed by atoms with Gasteiger partial charge in [-0.3, -0.25) is 9.59 Å². The van der Waals surface area contributed by atoms with Gasteiger partial charge in [0.05, 0.1) is 22.6 Å². The molecule has 0 aromatic heterocycles. The predicted octanol–water partition coefficient (Wildman–Crippen LogP) is 12.0. The zero-order valence-electron chi connectivity index (χ0n) is 27.3. The van der Waals surface area contributed by atoms with Gasteiger partial charge < -0.3 is 4.90 Å². The van der Waals surface area contributed by atoms with Gasteiger partial charge in [0.2, 0.25) is 0 Å². The number of aryl methyl sites for hydroxylation is 1. The predicted molar refractivity (Wildman–Crippen MR) is 206 cm³/mol. The van der Waals surface area contributed by atoms with E-state index in [1.807, 2.05) is 42.5 Å². The van der Waals surface area contributed by atoms with Crippen LogP contribution in [0.3, 0.4) is 0 Å². The molecule has 2 aliphatic rings. The zero-order chi connectivity index (χ0) is 33.5. The number of ketones is 2. The first kappa shape index (κ1) is 28.4. The highest BCUT2D eigenvalue weighted by molar-refractivity contribution is 6.42. The molecule has 1 aliphatic carbocycles. The molecule has 0 saturated heterocycles. The van der Waals surface area contributed by atoms with E-state index < -0.39 is 0 Å². The van der Waals surface area contributed by atoms with Gasteiger partial charge in [-0.05, 0) is 98.6 Å². The molecule has 3 nitrogen and oxygen atoms in total. The topological polar surface area (TPSA) is 37.4 Å². The first-order chi connectivity index (χ1) is 24.5. The number of hydrogen-bond donors (Lipinski definition) is 0. The highest BCUT2D eigenvalue weighted by Gasteiger charge is 2.33. The van der Waals surface area contributed by atoms with Gasteiger partial charge in [0, 0.05) is 27.6 Å². The molecule has 10 rings (SSSR count). The van der Waals surface area contributed by atoms with Gasteiger partial charge in [-0.1, -0.05) is 115 Å². The van der Waals surface area contributed by atoms with E-state index in [4.69, 9.17) is 0 Å². The number of allylic oxidation sites excluding steroid dienone is 1. The van der Waals surface area contributed by atoms with Crippen molar-refractivity contribution in [3.63, 3.8) is 0 Å². The number of Topliss-reactive ketones (excluding diaryl/α,β-unsaturated/α-hetero) is 2. The summed E-state index contributed by atoms with van der Waals surface area (Å²) in [6, 6.07) is 52.6. The normalized spacial score (nSPS) is 13.3. The molecule has 0 unspecified atom stereocenters. The van der Waals surface area contributed by atoms with Gasteiger partial charge in [-0.2, -0.15) is 0 Å². The molecule has 1 heterocycles. The molecule has 234 valence electrons. The fourth-order valence-electron chi connectivity index (χ4n) is 7.98. The molecule has 0 saturated carbocycles. The van der Waals surface area contributed by atoms with Crippen LogP contribution in [0.5, 0.6) is 0 Å². The maximum Gasteiger partial charge on any atom is 0.197 e. The van der Waals surface area contributed by atoms with Crippen LogP contribution in [0.2, 0.25) is 0 Å².